The smallest absolute Gasteiger partial charge is 0 e. The molecule has 0 aliphatic heterocycles. The van der Waals surface area contributed by atoms with E-state index >= 15 is 0 Å². The van der Waals surface area contributed by atoms with E-state index in [-0.39, 0.29) is 65.4 Å². The van der Waals surface area contributed by atoms with Crippen LogP contribution < -0.4 is 0 Å². The molecule has 0 spiro atoms. The second kappa shape index (κ2) is 57.0. The van der Waals surface area contributed by atoms with Crippen LogP contribution in [0.4, 0.5) is 0 Å². The molecule has 0 amide bonds. The first-order valence-electron chi connectivity index (χ1n) is 1.41. The molecule has 0 heterocycles. The van der Waals surface area contributed by atoms with Crippen molar-refractivity contribution in [1.82, 2.24) is 0 Å². The van der Waals surface area contributed by atoms with Gasteiger partial charge in [-0.2, -0.15) is 13.8 Å². The van der Waals surface area contributed by atoms with Gasteiger partial charge in [-0.25, -0.2) is 0 Å². The molecular weight excluding hydrogens is 226 g/mol. The minimum atomic E-state index is 0. The maximum absolute atomic E-state index is 3.25. The van der Waals surface area contributed by atoms with Crippen LogP contribution >= 0.6 is 0 Å². The minimum absolute atomic E-state index is 0. The van der Waals surface area contributed by atoms with Crippen molar-refractivity contribution in [3.63, 3.8) is 0 Å². The predicted molar refractivity (Wildman–Crippen MR) is 22.1 cm³/mol. The molecule has 34 valence electrons. The summed E-state index contributed by atoms with van der Waals surface area (Å²) >= 11 is 0. The van der Waals surface area contributed by atoms with E-state index in [4.69, 9.17) is 0 Å². The Balaban J connectivity index is -0.00000000500. The van der Waals surface area contributed by atoms with E-state index in [2.05, 4.69) is 13.8 Å². The van der Waals surface area contributed by atoms with Crippen molar-refractivity contribution >= 4 is 0 Å². The molecule has 0 aliphatic rings. The van der Waals surface area contributed by atoms with Gasteiger partial charge in [0.15, 0.2) is 0 Å². The zero-order valence-electron chi connectivity index (χ0n) is 4.57. The summed E-state index contributed by atoms with van der Waals surface area (Å²) in [6, 6.07) is 0. The molecule has 0 aromatic carbocycles. The van der Waals surface area contributed by atoms with Crippen LogP contribution in [0.1, 0.15) is 13.8 Å². The van der Waals surface area contributed by atoms with E-state index in [1.165, 1.54) is 0 Å². The van der Waals surface area contributed by atoms with Gasteiger partial charge in [-0.3, -0.25) is 0 Å². The molecule has 0 atom stereocenters. The van der Waals surface area contributed by atoms with E-state index in [1.54, 1.807) is 13.8 Å². The largest absolute Gasteiger partial charge is 0.346 e. The molecule has 6 heavy (non-hydrogen) atoms. The van der Waals surface area contributed by atoms with Crippen molar-refractivity contribution in [1.29, 1.82) is 0 Å². The van der Waals surface area contributed by atoms with Gasteiger partial charge >= 0.3 is 0 Å². The summed E-state index contributed by atoms with van der Waals surface area (Å²) in [5, 5.41) is 0. The van der Waals surface area contributed by atoms with E-state index in [0.29, 0.717) is 0 Å². The number of rotatable bonds is 0. The second-order valence-electron chi connectivity index (χ2n) is 0. The van der Waals surface area contributed by atoms with Gasteiger partial charge in [-0.1, -0.05) is 0 Å². The normalized spacial score (nSPS) is 2.00. The Hall–Kier alpha value is 2.21. The Kier molecular flexibility index (Phi) is 229. The van der Waals surface area contributed by atoms with Crippen molar-refractivity contribution in [2.75, 3.05) is 0 Å². The van der Waals surface area contributed by atoms with Crippen molar-refractivity contribution in [2.45, 2.75) is 13.8 Å². The van der Waals surface area contributed by atoms with E-state index < -0.39 is 0 Å². The maximum atomic E-state index is 3.25. The predicted octanol–water partition coefficient (Wildman–Crippen LogP) is 1.68. The molecular formula is C4H10Y2-2. The monoisotopic (exact) mass is 236 g/mol. The quantitative estimate of drug-likeness (QED) is 0.561. The van der Waals surface area contributed by atoms with E-state index in [9.17, 15) is 0 Å². The fourth-order valence-corrected chi connectivity index (χ4v) is 0. The van der Waals surface area contributed by atoms with Crippen molar-refractivity contribution in [3.05, 3.63) is 13.8 Å². The molecule has 0 nitrogen and oxygen atoms in total. The third kappa shape index (κ3) is 34.5. The Morgan fingerprint density at radius 3 is 0.667 bits per heavy atom. The summed E-state index contributed by atoms with van der Waals surface area (Å²) in [5.41, 5.74) is 0. The molecule has 0 bridgehead atoms. The fraction of sp³-hybridized carbons (Fsp3) is 0.500. The Morgan fingerprint density at radius 1 is 0.667 bits per heavy atom. The van der Waals surface area contributed by atoms with Gasteiger partial charge in [0.25, 0.3) is 0 Å². The Bertz CT molecular complexity index is 5.51. The zero-order chi connectivity index (χ0) is 4.00. The van der Waals surface area contributed by atoms with Crippen LogP contribution in [0.2, 0.25) is 0 Å². The van der Waals surface area contributed by atoms with Gasteiger partial charge in [0.2, 0.25) is 0 Å². The van der Waals surface area contributed by atoms with Gasteiger partial charge < -0.3 is 13.8 Å². The molecule has 0 N–H and O–H groups in total. The van der Waals surface area contributed by atoms with Crippen LogP contribution in [0, 0.1) is 13.8 Å². The van der Waals surface area contributed by atoms with Crippen molar-refractivity contribution in [2.24, 2.45) is 0 Å². The van der Waals surface area contributed by atoms with Crippen LogP contribution in [0.25, 0.3) is 0 Å². The molecule has 0 saturated heterocycles. The molecule has 0 aromatic heterocycles. The van der Waals surface area contributed by atoms with E-state index in [1.807, 2.05) is 0 Å². The summed E-state index contributed by atoms with van der Waals surface area (Å²) < 4.78 is 0. The fourth-order valence-electron chi connectivity index (χ4n) is 0. The molecule has 2 radical (unpaired) electrons. The molecule has 0 aromatic rings. The molecule has 0 aliphatic carbocycles. The van der Waals surface area contributed by atoms with Crippen molar-refractivity contribution < 1.29 is 65.4 Å². The van der Waals surface area contributed by atoms with Crippen LogP contribution in [-0.2, 0) is 65.4 Å². The van der Waals surface area contributed by atoms with Gasteiger partial charge in [-0.05, 0) is 0 Å². The second-order valence-corrected chi connectivity index (χ2v) is 0. The first-order valence-corrected chi connectivity index (χ1v) is 1.41. The minimum Gasteiger partial charge on any atom is -0.346 e. The average molecular weight is 236 g/mol. The summed E-state index contributed by atoms with van der Waals surface area (Å²) in [6.07, 6.45) is 0. The van der Waals surface area contributed by atoms with Gasteiger partial charge in [0.1, 0.15) is 0 Å². The van der Waals surface area contributed by atoms with E-state index in [0.717, 1.165) is 0 Å². The SMILES string of the molecule is [CH2-]C.[CH2-]C.[Y].[Y]. The molecule has 2 heteroatoms. The number of hydrogen-bond acceptors (Lipinski definition) is 0. The topological polar surface area (TPSA) is 0 Å². The van der Waals surface area contributed by atoms with Gasteiger partial charge in [0, 0.05) is 65.4 Å². The maximum Gasteiger partial charge on any atom is 0 e. The van der Waals surface area contributed by atoms with Gasteiger partial charge in [-0.15, -0.1) is 0 Å². The Morgan fingerprint density at radius 2 is 0.667 bits per heavy atom. The van der Waals surface area contributed by atoms with Crippen molar-refractivity contribution in [3.8, 4) is 0 Å². The van der Waals surface area contributed by atoms with Crippen LogP contribution in [0.3, 0.4) is 0 Å². The Labute approximate surface area is 91.6 Å². The molecule has 0 fully saturated rings. The average Bonchev–Trinajstić information content (AvgIpc) is 1.50. The zero-order valence-corrected chi connectivity index (χ0v) is 10.2. The van der Waals surface area contributed by atoms with Crippen LogP contribution in [0.5, 0.6) is 0 Å². The standard InChI is InChI=1S/2C2H5.2Y/c2*1-2;;/h2*1H2,2H3;;/q2*-1;;. The molecule has 0 saturated carbocycles. The summed E-state index contributed by atoms with van der Waals surface area (Å²) in [6.45, 7) is 10.0. The third-order valence-electron chi connectivity index (χ3n) is 0. The van der Waals surface area contributed by atoms with Gasteiger partial charge in [0.05, 0.1) is 0 Å². The summed E-state index contributed by atoms with van der Waals surface area (Å²) in [4.78, 5) is 0. The first kappa shape index (κ1) is 24.1. The summed E-state index contributed by atoms with van der Waals surface area (Å²) in [7, 11) is 0. The summed E-state index contributed by atoms with van der Waals surface area (Å²) in [5.74, 6) is 0. The third-order valence-corrected chi connectivity index (χ3v) is 0. The molecule has 0 unspecified atom stereocenters. The first-order chi connectivity index (χ1) is 2.00. The number of hydrogen-bond donors (Lipinski definition) is 0. The van der Waals surface area contributed by atoms with Crippen LogP contribution in [0.15, 0.2) is 0 Å². The molecule has 0 rings (SSSR count). The van der Waals surface area contributed by atoms with Crippen LogP contribution in [-0.4, -0.2) is 0 Å².